The van der Waals surface area contributed by atoms with E-state index in [-0.39, 0.29) is 23.9 Å². The van der Waals surface area contributed by atoms with Crippen molar-refractivity contribution in [3.63, 3.8) is 0 Å². The first kappa shape index (κ1) is 13.0. The van der Waals surface area contributed by atoms with Crippen molar-refractivity contribution in [2.24, 2.45) is 0 Å². The van der Waals surface area contributed by atoms with Crippen molar-refractivity contribution in [2.75, 3.05) is 11.5 Å². The lowest BCUT2D eigenvalue weighted by molar-refractivity contribution is 0.475. The Bertz CT molecular complexity index is 495. The molecule has 0 aliphatic carbocycles. The minimum absolute atomic E-state index is 0. The number of anilines is 2. The Kier molecular flexibility index (Phi) is 3.70. The summed E-state index contributed by atoms with van der Waals surface area (Å²) >= 11 is 0. The monoisotopic (exact) mass is 252 g/mol. The van der Waals surface area contributed by atoms with E-state index >= 15 is 0 Å². The zero-order valence-electron chi connectivity index (χ0n) is 8.92. The van der Waals surface area contributed by atoms with Crippen LogP contribution in [-0.4, -0.2) is 10.2 Å². The summed E-state index contributed by atoms with van der Waals surface area (Å²) < 4.78 is 0. The predicted octanol–water partition coefficient (Wildman–Crippen LogP) is 2.35. The van der Waals surface area contributed by atoms with E-state index in [1.165, 1.54) is 24.3 Å². The maximum Gasteiger partial charge on any atom is 0.117 e. The Morgan fingerprint density at radius 1 is 0.706 bits per heavy atom. The van der Waals surface area contributed by atoms with Gasteiger partial charge in [-0.05, 0) is 24.3 Å². The SMILES string of the molecule is Cl.Nc1cc(O)ccc1-c1ccc(O)cc1N. The van der Waals surface area contributed by atoms with Gasteiger partial charge in [0.2, 0.25) is 0 Å². The van der Waals surface area contributed by atoms with Gasteiger partial charge < -0.3 is 21.7 Å². The molecule has 0 atom stereocenters. The average Bonchev–Trinajstić information content (AvgIpc) is 2.19. The van der Waals surface area contributed by atoms with Crippen LogP contribution in [0.15, 0.2) is 36.4 Å². The number of nitrogen functional groups attached to an aromatic ring is 2. The van der Waals surface area contributed by atoms with Crippen molar-refractivity contribution in [1.29, 1.82) is 0 Å². The van der Waals surface area contributed by atoms with Crippen molar-refractivity contribution in [3.05, 3.63) is 36.4 Å². The van der Waals surface area contributed by atoms with E-state index in [2.05, 4.69) is 0 Å². The van der Waals surface area contributed by atoms with Crippen LogP contribution >= 0.6 is 12.4 Å². The molecular weight excluding hydrogens is 240 g/mol. The van der Waals surface area contributed by atoms with E-state index in [0.29, 0.717) is 11.4 Å². The summed E-state index contributed by atoms with van der Waals surface area (Å²) in [6.45, 7) is 0. The van der Waals surface area contributed by atoms with Crippen LogP contribution in [0.4, 0.5) is 11.4 Å². The molecule has 0 aliphatic heterocycles. The number of hydrogen-bond donors (Lipinski definition) is 4. The minimum Gasteiger partial charge on any atom is -0.508 e. The van der Waals surface area contributed by atoms with Crippen molar-refractivity contribution in [1.82, 2.24) is 0 Å². The van der Waals surface area contributed by atoms with Crippen LogP contribution in [0.25, 0.3) is 11.1 Å². The highest BCUT2D eigenvalue weighted by molar-refractivity contribution is 5.85. The first-order chi connectivity index (χ1) is 7.58. The molecule has 0 radical (unpaired) electrons. The Balaban J connectivity index is 0.00000144. The normalized spacial score (nSPS) is 9.65. The first-order valence-corrected chi connectivity index (χ1v) is 4.75. The lowest BCUT2D eigenvalue weighted by Crippen LogP contribution is -1.94. The zero-order chi connectivity index (χ0) is 11.7. The molecule has 0 bridgehead atoms. The van der Waals surface area contributed by atoms with Gasteiger partial charge in [-0.15, -0.1) is 12.4 Å². The molecule has 2 rings (SSSR count). The second-order valence-electron chi connectivity index (χ2n) is 3.54. The van der Waals surface area contributed by atoms with Gasteiger partial charge in [0.1, 0.15) is 11.5 Å². The third-order valence-corrected chi connectivity index (χ3v) is 2.36. The molecule has 2 aromatic rings. The number of nitrogens with two attached hydrogens (primary N) is 2. The summed E-state index contributed by atoms with van der Waals surface area (Å²) in [6, 6.07) is 9.38. The molecule has 0 saturated carbocycles. The van der Waals surface area contributed by atoms with Crippen molar-refractivity contribution in [2.45, 2.75) is 0 Å². The number of hydrogen-bond acceptors (Lipinski definition) is 4. The van der Waals surface area contributed by atoms with Crippen LogP contribution in [0.1, 0.15) is 0 Å². The second kappa shape index (κ2) is 4.84. The molecule has 17 heavy (non-hydrogen) atoms. The highest BCUT2D eigenvalue weighted by Gasteiger charge is 2.07. The summed E-state index contributed by atoms with van der Waals surface area (Å²) in [5, 5.41) is 18.5. The molecule has 0 spiro atoms. The molecule has 0 unspecified atom stereocenters. The van der Waals surface area contributed by atoms with Crippen molar-refractivity contribution in [3.8, 4) is 22.6 Å². The lowest BCUT2D eigenvalue weighted by atomic mass is 10.0. The van der Waals surface area contributed by atoms with Gasteiger partial charge >= 0.3 is 0 Å². The fourth-order valence-electron chi connectivity index (χ4n) is 1.59. The standard InChI is InChI=1S/C12H12N2O2.ClH/c13-11-5-7(15)1-3-9(11)10-4-2-8(16)6-12(10)14;/h1-6,15-16H,13-14H2;1H. The summed E-state index contributed by atoms with van der Waals surface area (Å²) in [6.07, 6.45) is 0. The van der Waals surface area contributed by atoms with E-state index < -0.39 is 0 Å². The van der Waals surface area contributed by atoms with Gasteiger partial charge in [-0.25, -0.2) is 0 Å². The number of halogens is 1. The Morgan fingerprint density at radius 2 is 1.06 bits per heavy atom. The Hall–Kier alpha value is -2.07. The first-order valence-electron chi connectivity index (χ1n) is 4.75. The third-order valence-electron chi connectivity index (χ3n) is 2.36. The van der Waals surface area contributed by atoms with E-state index in [1.54, 1.807) is 12.1 Å². The average molecular weight is 253 g/mol. The molecule has 90 valence electrons. The van der Waals surface area contributed by atoms with Gasteiger partial charge in [-0.3, -0.25) is 0 Å². The summed E-state index contributed by atoms with van der Waals surface area (Å²) in [4.78, 5) is 0. The molecule has 5 heteroatoms. The summed E-state index contributed by atoms with van der Waals surface area (Å²) in [5.74, 6) is 0.220. The molecule has 0 saturated heterocycles. The van der Waals surface area contributed by atoms with Crippen LogP contribution in [0.2, 0.25) is 0 Å². The fraction of sp³-hybridized carbons (Fsp3) is 0. The Labute approximate surface area is 105 Å². The van der Waals surface area contributed by atoms with Crippen LogP contribution in [0.3, 0.4) is 0 Å². The number of aromatic hydroxyl groups is 2. The maximum absolute atomic E-state index is 9.25. The topological polar surface area (TPSA) is 92.5 Å². The zero-order valence-corrected chi connectivity index (χ0v) is 9.74. The van der Waals surface area contributed by atoms with E-state index in [4.69, 9.17) is 11.5 Å². The van der Waals surface area contributed by atoms with E-state index in [0.717, 1.165) is 11.1 Å². The van der Waals surface area contributed by atoms with Crippen LogP contribution in [0, 0.1) is 0 Å². The maximum atomic E-state index is 9.25. The second-order valence-corrected chi connectivity index (χ2v) is 3.54. The van der Waals surface area contributed by atoms with Gasteiger partial charge in [-0.2, -0.15) is 0 Å². The van der Waals surface area contributed by atoms with Crippen molar-refractivity contribution < 1.29 is 10.2 Å². The van der Waals surface area contributed by atoms with Crippen LogP contribution in [-0.2, 0) is 0 Å². The minimum atomic E-state index is 0. The molecule has 0 aliphatic rings. The Morgan fingerprint density at radius 3 is 1.35 bits per heavy atom. The van der Waals surface area contributed by atoms with Gasteiger partial charge in [0.15, 0.2) is 0 Å². The molecule has 0 aromatic heterocycles. The fourth-order valence-corrected chi connectivity index (χ4v) is 1.59. The molecule has 4 nitrogen and oxygen atoms in total. The molecule has 0 fully saturated rings. The van der Waals surface area contributed by atoms with Crippen molar-refractivity contribution >= 4 is 23.8 Å². The molecular formula is C12H13ClN2O2. The summed E-state index contributed by atoms with van der Waals surface area (Å²) in [5.41, 5.74) is 13.9. The van der Waals surface area contributed by atoms with E-state index in [9.17, 15) is 10.2 Å². The predicted molar refractivity (Wildman–Crippen MR) is 71.3 cm³/mol. The van der Waals surface area contributed by atoms with Gasteiger partial charge in [0.05, 0.1) is 0 Å². The van der Waals surface area contributed by atoms with Crippen LogP contribution in [0.5, 0.6) is 11.5 Å². The molecule has 0 amide bonds. The largest absolute Gasteiger partial charge is 0.508 e. The van der Waals surface area contributed by atoms with Gasteiger partial charge in [0.25, 0.3) is 0 Å². The molecule has 2 aromatic carbocycles. The smallest absolute Gasteiger partial charge is 0.117 e. The van der Waals surface area contributed by atoms with E-state index in [1.807, 2.05) is 0 Å². The highest BCUT2D eigenvalue weighted by Crippen LogP contribution is 2.34. The third kappa shape index (κ3) is 2.54. The number of phenols is 2. The van der Waals surface area contributed by atoms with Crippen LogP contribution < -0.4 is 11.5 Å². The molecule has 0 heterocycles. The lowest BCUT2D eigenvalue weighted by Gasteiger charge is -2.09. The highest BCUT2D eigenvalue weighted by atomic mass is 35.5. The summed E-state index contributed by atoms with van der Waals surface area (Å²) in [7, 11) is 0. The molecule has 6 N–H and O–H groups in total. The quantitative estimate of drug-likeness (QED) is 0.586. The number of benzene rings is 2. The van der Waals surface area contributed by atoms with Gasteiger partial charge in [-0.1, -0.05) is 0 Å². The number of rotatable bonds is 1. The van der Waals surface area contributed by atoms with Gasteiger partial charge in [0, 0.05) is 34.6 Å². The number of phenolic OH excluding ortho intramolecular Hbond substituents is 2.